The second-order valence-electron chi connectivity index (χ2n) is 6.26. The number of hydrogen-bond acceptors (Lipinski definition) is 2. The maximum Gasteiger partial charge on any atom is 0.307 e. The van der Waals surface area contributed by atoms with Crippen LogP contribution in [0.5, 0.6) is 0 Å². The van der Waals surface area contributed by atoms with Crippen LogP contribution in [-0.4, -0.2) is 23.0 Å². The highest BCUT2D eigenvalue weighted by Crippen LogP contribution is 2.36. The van der Waals surface area contributed by atoms with E-state index in [1.165, 1.54) is 0 Å². The molecule has 0 aromatic heterocycles. The van der Waals surface area contributed by atoms with E-state index in [-0.39, 0.29) is 17.9 Å². The van der Waals surface area contributed by atoms with Crippen LogP contribution in [0.2, 0.25) is 0 Å². The normalized spacial score (nSPS) is 27.2. The van der Waals surface area contributed by atoms with Gasteiger partial charge in [0.05, 0.1) is 11.8 Å². The summed E-state index contributed by atoms with van der Waals surface area (Å²) in [5.74, 6) is -1.39. The summed E-state index contributed by atoms with van der Waals surface area (Å²) in [5, 5.41) is 12.3. The first-order chi connectivity index (χ1) is 9.49. The summed E-state index contributed by atoms with van der Waals surface area (Å²) < 4.78 is 0. The molecule has 20 heavy (non-hydrogen) atoms. The summed E-state index contributed by atoms with van der Waals surface area (Å²) in [4.78, 5) is 23.6. The van der Waals surface area contributed by atoms with Gasteiger partial charge in [-0.3, -0.25) is 9.59 Å². The smallest absolute Gasteiger partial charge is 0.307 e. The second-order valence-corrected chi connectivity index (χ2v) is 6.26. The molecule has 1 amide bonds. The summed E-state index contributed by atoms with van der Waals surface area (Å²) in [7, 11) is 0. The Morgan fingerprint density at radius 1 is 1.15 bits per heavy atom. The zero-order chi connectivity index (χ0) is 15.1. The fraction of sp³-hybridized carbons (Fsp3) is 0.875. The van der Waals surface area contributed by atoms with Crippen LogP contribution in [-0.2, 0) is 9.59 Å². The lowest BCUT2D eigenvalue weighted by molar-refractivity contribution is -0.146. The predicted molar refractivity (Wildman–Crippen MR) is 79.4 cm³/mol. The minimum atomic E-state index is -0.824. The third-order valence-corrected chi connectivity index (χ3v) is 4.34. The van der Waals surface area contributed by atoms with Crippen molar-refractivity contribution in [3.63, 3.8) is 0 Å². The molecule has 0 spiro atoms. The molecule has 1 fully saturated rings. The van der Waals surface area contributed by atoms with Gasteiger partial charge in [0, 0.05) is 6.04 Å². The largest absolute Gasteiger partial charge is 0.481 e. The van der Waals surface area contributed by atoms with Gasteiger partial charge in [-0.15, -0.1) is 0 Å². The first-order valence-corrected chi connectivity index (χ1v) is 8.02. The van der Waals surface area contributed by atoms with E-state index in [1.807, 2.05) is 6.92 Å². The van der Waals surface area contributed by atoms with Crippen molar-refractivity contribution >= 4 is 11.9 Å². The number of hydrogen-bond donors (Lipinski definition) is 2. The molecular formula is C16H29NO3. The average molecular weight is 283 g/mol. The molecule has 4 heteroatoms. The van der Waals surface area contributed by atoms with Gasteiger partial charge in [-0.1, -0.05) is 40.0 Å². The van der Waals surface area contributed by atoms with Crippen LogP contribution in [0, 0.1) is 17.8 Å². The summed E-state index contributed by atoms with van der Waals surface area (Å²) in [6.45, 7) is 6.29. The molecular weight excluding hydrogens is 254 g/mol. The highest BCUT2D eigenvalue weighted by Gasteiger charge is 2.41. The molecule has 1 rings (SSSR count). The van der Waals surface area contributed by atoms with Crippen LogP contribution in [0.4, 0.5) is 0 Å². The van der Waals surface area contributed by atoms with E-state index in [1.54, 1.807) is 0 Å². The van der Waals surface area contributed by atoms with Crippen LogP contribution in [0.25, 0.3) is 0 Å². The number of nitrogens with one attached hydrogen (secondary N) is 1. The molecule has 1 aliphatic rings. The van der Waals surface area contributed by atoms with Crippen LogP contribution in [0.3, 0.4) is 0 Å². The minimum absolute atomic E-state index is 0.0451. The Hall–Kier alpha value is -1.06. The summed E-state index contributed by atoms with van der Waals surface area (Å²) in [5.41, 5.74) is 0. The van der Waals surface area contributed by atoms with Crippen LogP contribution < -0.4 is 5.32 Å². The first kappa shape index (κ1) is 17.0. The Morgan fingerprint density at radius 2 is 1.80 bits per heavy atom. The Kier molecular flexibility index (Phi) is 7.03. The molecule has 1 aliphatic carbocycles. The standard InChI is InChI=1S/C16H29NO3/c1-4-6-8-12(7-5-2)17-15(18)13-9-11(3)10-14(13)16(19)20/h11-14H,4-10H2,1-3H3,(H,17,18)(H,19,20). The van der Waals surface area contributed by atoms with Crippen molar-refractivity contribution in [2.75, 3.05) is 0 Å². The molecule has 4 unspecified atom stereocenters. The SMILES string of the molecule is CCCCC(CCC)NC(=O)C1CC(C)CC1C(=O)O. The predicted octanol–water partition coefficient (Wildman–Crippen LogP) is 3.21. The number of carbonyl (C=O) groups is 2. The van der Waals surface area contributed by atoms with Crippen molar-refractivity contribution in [3.8, 4) is 0 Å². The molecule has 0 aromatic rings. The molecule has 0 radical (unpaired) electrons. The topological polar surface area (TPSA) is 66.4 Å². The maximum absolute atomic E-state index is 12.4. The Bertz CT molecular complexity index is 330. The molecule has 0 heterocycles. The van der Waals surface area contributed by atoms with Crippen molar-refractivity contribution < 1.29 is 14.7 Å². The lowest BCUT2D eigenvalue weighted by Crippen LogP contribution is -2.41. The van der Waals surface area contributed by atoms with E-state index >= 15 is 0 Å². The Labute approximate surface area is 122 Å². The second kappa shape index (κ2) is 8.28. The molecule has 0 bridgehead atoms. The van der Waals surface area contributed by atoms with Gasteiger partial charge in [0.25, 0.3) is 0 Å². The fourth-order valence-corrected chi connectivity index (χ4v) is 3.25. The highest BCUT2D eigenvalue weighted by atomic mass is 16.4. The third kappa shape index (κ3) is 4.80. The van der Waals surface area contributed by atoms with Gasteiger partial charge in [0.15, 0.2) is 0 Å². The molecule has 1 saturated carbocycles. The molecule has 4 nitrogen and oxygen atoms in total. The number of amides is 1. The van der Waals surface area contributed by atoms with Gasteiger partial charge in [-0.05, 0) is 31.6 Å². The maximum atomic E-state index is 12.4. The van der Waals surface area contributed by atoms with Crippen molar-refractivity contribution in [1.82, 2.24) is 5.32 Å². The zero-order valence-corrected chi connectivity index (χ0v) is 13.0. The van der Waals surface area contributed by atoms with Gasteiger partial charge in [-0.2, -0.15) is 0 Å². The Balaban J connectivity index is 2.60. The van der Waals surface area contributed by atoms with E-state index in [4.69, 9.17) is 0 Å². The number of rotatable bonds is 8. The number of carboxylic acids is 1. The van der Waals surface area contributed by atoms with E-state index < -0.39 is 11.9 Å². The van der Waals surface area contributed by atoms with E-state index in [0.717, 1.165) is 32.1 Å². The molecule has 4 atom stereocenters. The Morgan fingerprint density at radius 3 is 2.35 bits per heavy atom. The molecule has 116 valence electrons. The van der Waals surface area contributed by atoms with Crippen molar-refractivity contribution in [3.05, 3.63) is 0 Å². The lowest BCUT2D eigenvalue weighted by Gasteiger charge is -2.22. The number of aliphatic carboxylic acids is 1. The van der Waals surface area contributed by atoms with Crippen molar-refractivity contribution in [2.24, 2.45) is 17.8 Å². The molecule has 2 N–H and O–H groups in total. The molecule has 0 saturated heterocycles. The van der Waals surface area contributed by atoms with Gasteiger partial charge < -0.3 is 10.4 Å². The van der Waals surface area contributed by atoms with E-state index in [2.05, 4.69) is 19.2 Å². The van der Waals surface area contributed by atoms with E-state index in [9.17, 15) is 14.7 Å². The van der Waals surface area contributed by atoms with E-state index in [0.29, 0.717) is 18.8 Å². The lowest BCUT2D eigenvalue weighted by atomic mass is 9.94. The highest BCUT2D eigenvalue weighted by molar-refractivity contribution is 5.85. The summed E-state index contributed by atoms with van der Waals surface area (Å²) in [6, 6.07) is 0.206. The monoisotopic (exact) mass is 283 g/mol. The van der Waals surface area contributed by atoms with Gasteiger partial charge in [-0.25, -0.2) is 0 Å². The average Bonchev–Trinajstić information content (AvgIpc) is 2.78. The zero-order valence-electron chi connectivity index (χ0n) is 13.0. The van der Waals surface area contributed by atoms with Crippen LogP contribution in [0.1, 0.15) is 65.7 Å². The van der Waals surface area contributed by atoms with Crippen molar-refractivity contribution in [2.45, 2.75) is 71.8 Å². The minimum Gasteiger partial charge on any atom is -0.481 e. The van der Waals surface area contributed by atoms with Crippen LogP contribution >= 0.6 is 0 Å². The molecule has 0 aromatic carbocycles. The van der Waals surface area contributed by atoms with Gasteiger partial charge in [0.1, 0.15) is 0 Å². The number of carbonyl (C=O) groups excluding carboxylic acids is 1. The number of unbranched alkanes of at least 4 members (excludes halogenated alkanes) is 1. The number of carboxylic acid groups (broad SMARTS) is 1. The van der Waals surface area contributed by atoms with Gasteiger partial charge >= 0.3 is 5.97 Å². The van der Waals surface area contributed by atoms with Crippen LogP contribution in [0.15, 0.2) is 0 Å². The third-order valence-electron chi connectivity index (χ3n) is 4.34. The van der Waals surface area contributed by atoms with Crippen molar-refractivity contribution in [1.29, 1.82) is 0 Å². The van der Waals surface area contributed by atoms with Gasteiger partial charge in [0.2, 0.25) is 5.91 Å². The first-order valence-electron chi connectivity index (χ1n) is 8.02. The molecule has 0 aliphatic heterocycles. The quantitative estimate of drug-likeness (QED) is 0.719. The fourth-order valence-electron chi connectivity index (χ4n) is 3.25. The summed E-state index contributed by atoms with van der Waals surface area (Å²) in [6.07, 6.45) is 6.57. The summed E-state index contributed by atoms with van der Waals surface area (Å²) >= 11 is 0.